The summed E-state index contributed by atoms with van der Waals surface area (Å²) in [6, 6.07) is 8.34. The van der Waals surface area contributed by atoms with E-state index in [1.54, 1.807) is 24.3 Å². The SMILES string of the molecule is O=CNc1cccc(NC(=O)Nc2cc(C3CC3)n[nH]2)c1. The van der Waals surface area contributed by atoms with Gasteiger partial charge in [0.05, 0.1) is 5.69 Å². The number of hydrogen-bond donors (Lipinski definition) is 4. The highest BCUT2D eigenvalue weighted by Gasteiger charge is 2.26. The average Bonchev–Trinajstić information content (AvgIpc) is 3.20. The van der Waals surface area contributed by atoms with E-state index >= 15 is 0 Å². The lowest BCUT2D eigenvalue weighted by atomic mass is 10.3. The fraction of sp³-hybridized carbons (Fsp3) is 0.214. The van der Waals surface area contributed by atoms with Crippen molar-refractivity contribution in [1.82, 2.24) is 10.2 Å². The zero-order valence-corrected chi connectivity index (χ0v) is 11.2. The number of rotatable bonds is 5. The van der Waals surface area contributed by atoms with Gasteiger partial charge in [0.15, 0.2) is 0 Å². The van der Waals surface area contributed by atoms with Gasteiger partial charge in [0, 0.05) is 23.4 Å². The highest BCUT2D eigenvalue weighted by atomic mass is 16.2. The van der Waals surface area contributed by atoms with Crippen LogP contribution in [0.2, 0.25) is 0 Å². The number of nitrogens with one attached hydrogen (secondary N) is 4. The van der Waals surface area contributed by atoms with Crippen LogP contribution in [0.15, 0.2) is 30.3 Å². The van der Waals surface area contributed by atoms with E-state index < -0.39 is 0 Å². The molecule has 3 rings (SSSR count). The standard InChI is InChI=1S/C14H15N5O2/c20-8-15-10-2-1-3-11(6-10)16-14(21)17-13-7-12(18-19-13)9-4-5-9/h1-3,6-9H,4-5H2,(H,15,20)(H3,16,17,18,19,21). The van der Waals surface area contributed by atoms with Crippen LogP contribution in [0.3, 0.4) is 0 Å². The van der Waals surface area contributed by atoms with Gasteiger partial charge in [-0.15, -0.1) is 0 Å². The number of anilines is 3. The van der Waals surface area contributed by atoms with Crippen molar-refractivity contribution in [3.8, 4) is 0 Å². The molecule has 0 spiro atoms. The summed E-state index contributed by atoms with van der Waals surface area (Å²) in [7, 11) is 0. The molecule has 1 saturated carbocycles. The van der Waals surface area contributed by atoms with Crippen LogP contribution in [0.1, 0.15) is 24.5 Å². The van der Waals surface area contributed by atoms with Crippen molar-refractivity contribution in [3.63, 3.8) is 0 Å². The summed E-state index contributed by atoms with van der Waals surface area (Å²) < 4.78 is 0. The highest BCUT2D eigenvalue weighted by molar-refractivity contribution is 5.99. The van der Waals surface area contributed by atoms with Crippen LogP contribution in [0.5, 0.6) is 0 Å². The lowest BCUT2D eigenvalue weighted by molar-refractivity contribution is -0.105. The second-order valence-corrected chi connectivity index (χ2v) is 4.90. The molecule has 1 aliphatic carbocycles. The molecule has 4 N–H and O–H groups in total. The van der Waals surface area contributed by atoms with E-state index in [-0.39, 0.29) is 6.03 Å². The second kappa shape index (κ2) is 5.66. The lowest BCUT2D eigenvalue weighted by Gasteiger charge is -2.07. The average molecular weight is 285 g/mol. The number of carbonyl (C=O) groups excluding carboxylic acids is 2. The van der Waals surface area contributed by atoms with Crippen molar-refractivity contribution in [2.45, 2.75) is 18.8 Å². The quantitative estimate of drug-likeness (QED) is 0.635. The zero-order chi connectivity index (χ0) is 14.7. The molecular formula is C14H15N5O2. The van der Waals surface area contributed by atoms with Crippen molar-refractivity contribution >= 4 is 29.6 Å². The fourth-order valence-corrected chi connectivity index (χ4v) is 2.03. The normalized spacial score (nSPS) is 13.5. The predicted molar refractivity (Wildman–Crippen MR) is 79.3 cm³/mol. The summed E-state index contributed by atoms with van der Waals surface area (Å²) in [5.41, 5.74) is 2.18. The van der Waals surface area contributed by atoms with Gasteiger partial charge in [-0.05, 0) is 31.0 Å². The zero-order valence-electron chi connectivity index (χ0n) is 11.2. The smallest absolute Gasteiger partial charge is 0.324 e. The van der Waals surface area contributed by atoms with Gasteiger partial charge in [-0.2, -0.15) is 5.10 Å². The minimum Gasteiger partial charge on any atom is -0.329 e. The number of amides is 3. The Labute approximate surface area is 121 Å². The summed E-state index contributed by atoms with van der Waals surface area (Å²) >= 11 is 0. The molecule has 7 heteroatoms. The molecule has 1 heterocycles. The number of aromatic amines is 1. The van der Waals surface area contributed by atoms with Crippen molar-refractivity contribution in [1.29, 1.82) is 0 Å². The molecule has 1 aliphatic rings. The third-order valence-corrected chi connectivity index (χ3v) is 3.19. The van der Waals surface area contributed by atoms with Gasteiger partial charge in [-0.1, -0.05) is 6.07 Å². The molecule has 1 fully saturated rings. The summed E-state index contributed by atoms with van der Waals surface area (Å²) in [5.74, 6) is 1.10. The van der Waals surface area contributed by atoms with E-state index in [4.69, 9.17) is 0 Å². The number of carbonyl (C=O) groups is 2. The largest absolute Gasteiger partial charge is 0.329 e. The van der Waals surface area contributed by atoms with Crippen LogP contribution in [0, 0.1) is 0 Å². The summed E-state index contributed by atoms with van der Waals surface area (Å²) in [4.78, 5) is 22.3. The summed E-state index contributed by atoms with van der Waals surface area (Å²) in [6.45, 7) is 0. The molecule has 0 bridgehead atoms. The van der Waals surface area contributed by atoms with Crippen molar-refractivity contribution in [2.75, 3.05) is 16.0 Å². The number of nitrogens with zero attached hydrogens (tertiary/aromatic N) is 1. The molecule has 21 heavy (non-hydrogen) atoms. The number of H-pyrrole nitrogens is 1. The number of aromatic nitrogens is 2. The molecule has 0 unspecified atom stereocenters. The molecule has 7 nitrogen and oxygen atoms in total. The monoisotopic (exact) mass is 285 g/mol. The van der Waals surface area contributed by atoms with Crippen LogP contribution in [0.4, 0.5) is 22.0 Å². The van der Waals surface area contributed by atoms with Gasteiger partial charge in [-0.25, -0.2) is 4.79 Å². The van der Waals surface area contributed by atoms with Crippen LogP contribution >= 0.6 is 0 Å². The first kappa shape index (κ1) is 13.2. The molecule has 108 valence electrons. The van der Waals surface area contributed by atoms with Gasteiger partial charge in [0.1, 0.15) is 5.82 Å². The third kappa shape index (κ3) is 3.38. The first-order chi connectivity index (χ1) is 10.2. The maximum absolute atomic E-state index is 11.9. The van der Waals surface area contributed by atoms with Gasteiger partial charge < -0.3 is 10.6 Å². The van der Waals surface area contributed by atoms with E-state index in [2.05, 4.69) is 26.1 Å². The van der Waals surface area contributed by atoms with Crippen LogP contribution in [-0.4, -0.2) is 22.6 Å². The number of benzene rings is 1. The first-order valence-corrected chi connectivity index (χ1v) is 6.68. The van der Waals surface area contributed by atoms with Crippen LogP contribution < -0.4 is 16.0 Å². The Balaban J connectivity index is 1.59. The van der Waals surface area contributed by atoms with Gasteiger partial charge in [-0.3, -0.25) is 15.2 Å². The Hall–Kier alpha value is -2.83. The molecule has 1 aromatic heterocycles. The van der Waals surface area contributed by atoms with Gasteiger partial charge >= 0.3 is 6.03 Å². The minimum atomic E-state index is -0.371. The van der Waals surface area contributed by atoms with Crippen molar-refractivity contribution in [2.24, 2.45) is 0 Å². The maximum atomic E-state index is 11.9. The number of urea groups is 1. The Kier molecular flexibility index (Phi) is 3.55. The fourth-order valence-electron chi connectivity index (χ4n) is 2.03. The Morgan fingerprint density at radius 1 is 1.24 bits per heavy atom. The molecule has 0 radical (unpaired) electrons. The Morgan fingerprint density at radius 2 is 2.05 bits per heavy atom. The molecular weight excluding hydrogens is 270 g/mol. The van der Waals surface area contributed by atoms with E-state index in [9.17, 15) is 9.59 Å². The van der Waals surface area contributed by atoms with E-state index in [0.29, 0.717) is 29.5 Å². The van der Waals surface area contributed by atoms with Gasteiger partial charge in [0.25, 0.3) is 0 Å². The topological polar surface area (TPSA) is 98.9 Å². The van der Waals surface area contributed by atoms with Crippen molar-refractivity contribution in [3.05, 3.63) is 36.0 Å². The lowest BCUT2D eigenvalue weighted by Crippen LogP contribution is -2.19. The molecule has 0 saturated heterocycles. The predicted octanol–water partition coefficient (Wildman–Crippen LogP) is 2.50. The van der Waals surface area contributed by atoms with E-state index in [1.807, 2.05) is 6.07 Å². The van der Waals surface area contributed by atoms with Crippen LogP contribution in [0.25, 0.3) is 0 Å². The molecule has 0 aliphatic heterocycles. The maximum Gasteiger partial charge on any atom is 0.324 e. The second-order valence-electron chi connectivity index (χ2n) is 4.90. The summed E-state index contributed by atoms with van der Waals surface area (Å²) in [5, 5.41) is 14.9. The van der Waals surface area contributed by atoms with E-state index in [1.165, 1.54) is 0 Å². The number of hydrogen-bond acceptors (Lipinski definition) is 3. The molecule has 0 atom stereocenters. The van der Waals surface area contributed by atoms with E-state index in [0.717, 1.165) is 18.5 Å². The van der Waals surface area contributed by atoms with Crippen LogP contribution in [-0.2, 0) is 4.79 Å². The first-order valence-electron chi connectivity index (χ1n) is 6.68. The Morgan fingerprint density at radius 3 is 2.81 bits per heavy atom. The van der Waals surface area contributed by atoms with Gasteiger partial charge in [0.2, 0.25) is 6.41 Å². The molecule has 3 amide bonds. The van der Waals surface area contributed by atoms with Crippen molar-refractivity contribution < 1.29 is 9.59 Å². The summed E-state index contributed by atoms with van der Waals surface area (Å²) in [6.07, 6.45) is 2.91. The third-order valence-electron chi connectivity index (χ3n) is 3.19. The molecule has 2 aromatic rings. The Bertz CT molecular complexity index is 663. The highest BCUT2D eigenvalue weighted by Crippen LogP contribution is 2.39. The molecule has 1 aromatic carbocycles. The minimum absolute atomic E-state index is 0.371.